The molecule has 0 aliphatic heterocycles. The minimum Gasteiger partial charge on any atom is -0.493 e. The Morgan fingerprint density at radius 3 is 2.31 bits per heavy atom. The summed E-state index contributed by atoms with van der Waals surface area (Å²) in [7, 11) is 3.01. The highest BCUT2D eigenvalue weighted by Crippen LogP contribution is 2.32. The molecule has 152 valence electrons. The van der Waals surface area contributed by atoms with Crippen LogP contribution in [0.1, 0.15) is 10.6 Å². The first-order valence-electron chi connectivity index (χ1n) is 8.15. The van der Waals surface area contributed by atoms with E-state index in [2.05, 4.69) is 15.2 Å². The Balaban J connectivity index is 1.71. The summed E-state index contributed by atoms with van der Waals surface area (Å²) in [6.07, 6.45) is -4.79. The van der Waals surface area contributed by atoms with Crippen molar-refractivity contribution in [1.29, 1.82) is 0 Å². The number of carbonyl (C=O) groups excluding carboxylic acids is 1. The Hall–Kier alpha value is -3.69. The van der Waals surface area contributed by atoms with Crippen LogP contribution in [-0.2, 0) is 0 Å². The largest absolute Gasteiger partial charge is 0.573 e. The number of amides is 1. The number of nitrogens with zero attached hydrogens (tertiary/aromatic N) is 1. The number of ether oxygens (including phenoxy) is 3. The van der Waals surface area contributed by atoms with E-state index >= 15 is 0 Å². The topological polar surface area (TPSA) is 82.8 Å². The summed E-state index contributed by atoms with van der Waals surface area (Å²) in [6, 6.07) is 11.2. The van der Waals surface area contributed by atoms with Crippen LogP contribution in [0.4, 0.5) is 18.9 Å². The number of nitrogens with one attached hydrogen (secondary N) is 1. The highest BCUT2D eigenvalue weighted by molar-refractivity contribution is 6.02. The van der Waals surface area contributed by atoms with Crippen LogP contribution in [0.2, 0.25) is 0 Å². The van der Waals surface area contributed by atoms with Crippen molar-refractivity contribution in [2.75, 3.05) is 19.5 Å². The van der Waals surface area contributed by atoms with E-state index in [1.807, 2.05) is 0 Å². The maximum Gasteiger partial charge on any atom is 0.573 e. The Morgan fingerprint density at radius 1 is 1.00 bits per heavy atom. The van der Waals surface area contributed by atoms with Crippen LogP contribution in [0.5, 0.6) is 17.2 Å². The fraction of sp³-hybridized carbons (Fsp3) is 0.158. The van der Waals surface area contributed by atoms with Crippen LogP contribution < -0.4 is 19.5 Å². The number of alkyl halides is 3. The first kappa shape index (κ1) is 20.1. The van der Waals surface area contributed by atoms with Gasteiger partial charge in [-0.05, 0) is 42.5 Å². The molecular formula is C19H15F3N2O5. The fourth-order valence-corrected chi connectivity index (χ4v) is 2.45. The molecule has 3 rings (SSSR count). The second kappa shape index (κ2) is 8.13. The van der Waals surface area contributed by atoms with Gasteiger partial charge in [-0.3, -0.25) is 4.79 Å². The highest BCUT2D eigenvalue weighted by atomic mass is 19.4. The van der Waals surface area contributed by atoms with Crippen molar-refractivity contribution in [3.63, 3.8) is 0 Å². The maximum atomic E-state index is 12.3. The van der Waals surface area contributed by atoms with Crippen LogP contribution >= 0.6 is 0 Å². The minimum absolute atomic E-state index is 0.0783. The maximum absolute atomic E-state index is 12.3. The molecule has 10 heteroatoms. The molecule has 0 spiro atoms. The average Bonchev–Trinajstić information content (AvgIpc) is 3.18. The molecule has 0 saturated heterocycles. The van der Waals surface area contributed by atoms with Crippen molar-refractivity contribution in [2.45, 2.75) is 6.36 Å². The molecule has 0 fully saturated rings. The van der Waals surface area contributed by atoms with Crippen molar-refractivity contribution >= 4 is 11.6 Å². The van der Waals surface area contributed by atoms with Gasteiger partial charge in [-0.25, -0.2) is 0 Å². The first-order valence-corrected chi connectivity index (χ1v) is 8.15. The van der Waals surface area contributed by atoms with Gasteiger partial charge in [-0.2, -0.15) is 0 Å². The zero-order valence-electron chi connectivity index (χ0n) is 15.2. The lowest BCUT2D eigenvalue weighted by atomic mass is 10.1. The van der Waals surface area contributed by atoms with Crippen LogP contribution in [0, 0.1) is 0 Å². The molecule has 1 N–H and O–H groups in total. The van der Waals surface area contributed by atoms with Crippen molar-refractivity contribution in [3.05, 3.63) is 54.3 Å². The molecule has 1 amide bonds. The zero-order valence-corrected chi connectivity index (χ0v) is 15.2. The average molecular weight is 408 g/mol. The zero-order chi connectivity index (χ0) is 21.0. The molecule has 0 radical (unpaired) electrons. The van der Waals surface area contributed by atoms with Crippen LogP contribution in [-0.4, -0.2) is 31.6 Å². The van der Waals surface area contributed by atoms with E-state index in [0.29, 0.717) is 22.8 Å². The second-order valence-electron chi connectivity index (χ2n) is 5.67. The van der Waals surface area contributed by atoms with E-state index in [1.54, 1.807) is 18.2 Å². The smallest absolute Gasteiger partial charge is 0.493 e. The van der Waals surface area contributed by atoms with Gasteiger partial charge in [0, 0.05) is 17.3 Å². The number of aromatic nitrogens is 1. The first-order chi connectivity index (χ1) is 13.8. The van der Waals surface area contributed by atoms with E-state index < -0.39 is 18.0 Å². The third-order valence-electron chi connectivity index (χ3n) is 3.76. The summed E-state index contributed by atoms with van der Waals surface area (Å²) < 4.78 is 55.8. The van der Waals surface area contributed by atoms with Crippen LogP contribution in [0.3, 0.4) is 0 Å². The Labute approximate surface area is 163 Å². The lowest BCUT2D eigenvalue weighted by molar-refractivity contribution is -0.274. The second-order valence-corrected chi connectivity index (χ2v) is 5.67. The van der Waals surface area contributed by atoms with Gasteiger partial charge in [0.15, 0.2) is 11.5 Å². The molecule has 1 heterocycles. The van der Waals surface area contributed by atoms with Gasteiger partial charge >= 0.3 is 6.36 Å². The normalized spacial score (nSPS) is 11.1. The van der Waals surface area contributed by atoms with E-state index in [1.165, 1.54) is 32.4 Å². The van der Waals surface area contributed by atoms with Crippen molar-refractivity contribution in [3.8, 4) is 28.5 Å². The molecule has 0 unspecified atom stereocenters. The summed E-state index contributed by atoms with van der Waals surface area (Å²) in [6.45, 7) is 0. The molecule has 0 atom stereocenters. The standard InChI is InChI=1S/C19H15F3N2O5/c1-26-15-8-3-11(9-16(15)27-2)14-10-17(29-24-14)18(25)23-12-4-6-13(7-5-12)28-19(20,21)22/h3-10H,1-2H3,(H,23,25). The number of methoxy groups -OCH3 is 2. The molecular weight excluding hydrogens is 393 g/mol. The molecule has 0 saturated carbocycles. The van der Waals surface area contributed by atoms with E-state index in [4.69, 9.17) is 14.0 Å². The van der Waals surface area contributed by atoms with Crippen molar-refractivity contribution in [2.24, 2.45) is 0 Å². The van der Waals surface area contributed by atoms with Gasteiger partial charge in [0.25, 0.3) is 5.91 Å². The van der Waals surface area contributed by atoms with Crippen molar-refractivity contribution < 1.29 is 36.7 Å². The van der Waals surface area contributed by atoms with Gasteiger partial charge in [-0.1, -0.05) is 5.16 Å². The molecule has 2 aromatic carbocycles. The van der Waals surface area contributed by atoms with Crippen LogP contribution in [0.15, 0.2) is 53.1 Å². The predicted octanol–water partition coefficient (Wildman–Crippen LogP) is 4.51. The van der Waals surface area contributed by atoms with E-state index in [-0.39, 0.29) is 11.4 Å². The van der Waals surface area contributed by atoms with Gasteiger partial charge in [0.05, 0.1) is 14.2 Å². The SMILES string of the molecule is COc1ccc(-c2cc(C(=O)Nc3ccc(OC(F)(F)F)cc3)on2)cc1OC. The lowest BCUT2D eigenvalue weighted by Gasteiger charge is -2.09. The van der Waals surface area contributed by atoms with Crippen LogP contribution in [0.25, 0.3) is 11.3 Å². The van der Waals surface area contributed by atoms with E-state index in [9.17, 15) is 18.0 Å². The number of benzene rings is 2. The number of halogens is 3. The van der Waals surface area contributed by atoms with Gasteiger partial charge in [-0.15, -0.1) is 13.2 Å². The number of anilines is 1. The van der Waals surface area contributed by atoms with Gasteiger partial charge < -0.3 is 24.1 Å². The summed E-state index contributed by atoms with van der Waals surface area (Å²) in [5, 5.41) is 6.36. The fourth-order valence-electron chi connectivity index (χ4n) is 2.45. The molecule has 29 heavy (non-hydrogen) atoms. The summed E-state index contributed by atoms with van der Waals surface area (Å²) >= 11 is 0. The van der Waals surface area contributed by atoms with Gasteiger partial charge in [0.1, 0.15) is 11.4 Å². The number of carbonyl (C=O) groups is 1. The third-order valence-corrected chi connectivity index (χ3v) is 3.76. The van der Waals surface area contributed by atoms with Gasteiger partial charge in [0.2, 0.25) is 5.76 Å². The molecule has 0 aliphatic rings. The van der Waals surface area contributed by atoms with E-state index in [0.717, 1.165) is 12.1 Å². The third kappa shape index (κ3) is 4.98. The Bertz CT molecular complexity index is 1000. The molecule has 0 bridgehead atoms. The Kier molecular flexibility index (Phi) is 5.62. The predicted molar refractivity (Wildman–Crippen MR) is 96.1 cm³/mol. The molecule has 1 aromatic heterocycles. The molecule has 0 aliphatic carbocycles. The quantitative estimate of drug-likeness (QED) is 0.646. The highest BCUT2D eigenvalue weighted by Gasteiger charge is 2.31. The lowest BCUT2D eigenvalue weighted by Crippen LogP contribution is -2.17. The van der Waals surface area contributed by atoms with Crippen molar-refractivity contribution in [1.82, 2.24) is 5.16 Å². The molecule has 3 aromatic rings. The summed E-state index contributed by atoms with van der Waals surface area (Å²) in [5.74, 6) is -0.0687. The number of rotatable bonds is 6. The molecule has 7 nitrogen and oxygen atoms in total. The minimum atomic E-state index is -4.79. The Morgan fingerprint density at radius 2 is 1.69 bits per heavy atom. The number of hydrogen-bond acceptors (Lipinski definition) is 6. The number of hydrogen-bond donors (Lipinski definition) is 1. The summed E-state index contributed by atoms with van der Waals surface area (Å²) in [4.78, 5) is 12.3. The summed E-state index contributed by atoms with van der Waals surface area (Å²) in [5.41, 5.74) is 1.29. The monoisotopic (exact) mass is 408 g/mol.